The summed E-state index contributed by atoms with van der Waals surface area (Å²) in [7, 11) is 0. The normalized spacial score (nSPS) is 24.0. The lowest BCUT2D eigenvalue weighted by atomic mass is 9.82. The van der Waals surface area contributed by atoms with Gasteiger partial charge in [0.15, 0.2) is 0 Å². The van der Waals surface area contributed by atoms with Crippen LogP contribution in [0.25, 0.3) is 0 Å². The van der Waals surface area contributed by atoms with E-state index in [2.05, 4.69) is 5.32 Å². The molecule has 3 nitrogen and oxygen atoms in total. The number of likely N-dealkylation sites (tertiary alicyclic amines) is 1. The Morgan fingerprint density at radius 2 is 1.70 bits per heavy atom. The summed E-state index contributed by atoms with van der Waals surface area (Å²) >= 11 is 0. The van der Waals surface area contributed by atoms with Crippen molar-refractivity contribution >= 4 is 0 Å². The van der Waals surface area contributed by atoms with Crippen molar-refractivity contribution in [3.63, 3.8) is 0 Å². The lowest BCUT2D eigenvalue weighted by Crippen LogP contribution is -2.49. The van der Waals surface area contributed by atoms with Crippen molar-refractivity contribution in [1.82, 2.24) is 10.2 Å². The third kappa shape index (κ3) is 6.98. The lowest BCUT2D eigenvalue weighted by molar-refractivity contribution is -0.138. The van der Waals surface area contributed by atoms with Crippen molar-refractivity contribution in [2.75, 3.05) is 26.2 Å². The van der Waals surface area contributed by atoms with Gasteiger partial charge in [0, 0.05) is 25.2 Å². The van der Waals surface area contributed by atoms with Gasteiger partial charge in [-0.15, -0.1) is 0 Å². The van der Waals surface area contributed by atoms with Gasteiger partial charge in [0.1, 0.15) is 0 Å². The zero-order chi connectivity index (χ0) is 16.7. The molecular weight excluding hydrogens is 305 g/mol. The summed E-state index contributed by atoms with van der Waals surface area (Å²) in [4.78, 5) is 1.92. The molecular formula is C17H31F3N2O. The van der Waals surface area contributed by atoms with Crippen LogP contribution in [0.15, 0.2) is 0 Å². The maximum atomic E-state index is 12.3. The monoisotopic (exact) mass is 336 g/mol. The third-order valence-corrected chi connectivity index (χ3v) is 5.41. The number of halogens is 3. The van der Waals surface area contributed by atoms with Crippen molar-refractivity contribution in [2.24, 2.45) is 5.92 Å². The molecule has 0 amide bonds. The summed E-state index contributed by atoms with van der Waals surface area (Å²) in [5.41, 5.74) is 0. The maximum Gasteiger partial charge on any atom is 0.390 e. The fraction of sp³-hybridized carbons (Fsp3) is 1.00. The van der Waals surface area contributed by atoms with Crippen LogP contribution in [0.5, 0.6) is 0 Å². The smallest absolute Gasteiger partial charge is 0.390 e. The molecule has 0 aromatic rings. The van der Waals surface area contributed by atoms with Gasteiger partial charge in [0.2, 0.25) is 0 Å². The fourth-order valence-electron chi connectivity index (χ4n) is 4.04. The van der Waals surface area contributed by atoms with E-state index in [1.165, 1.54) is 32.1 Å². The third-order valence-electron chi connectivity index (χ3n) is 5.41. The molecule has 2 fully saturated rings. The first-order chi connectivity index (χ1) is 11.0. The molecule has 2 aliphatic rings. The van der Waals surface area contributed by atoms with E-state index in [4.69, 9.17) is 0 Å². The van der Waals surface area contributed by atoms with Crippen LogP contribution in [-0.4, -0.2) is 54.5 Å². The molecule has 1 saturated carbocycles. The van der Waals surface area contributed by atoms with Crippen LogP contribution in [0.1, 0.15) is 57.8 Å². The number of hydrogen-bond donors (Lipinski definition) is 2. The highest BCUT2D eigenvalue weighted by Gasteiger charge is 2.30. The van der Waals surface area contributed by atoms with Crippen LogP contribution in [0.3, 0.4) is 0 Å². The number of rotatable bonds is 7. The number of aliphatic hydroxyl groups is 1. The Balaban J connectivity index is 1.72. The lowest BCUT2D eigenvalue weighted by Gasteiger charge is -2.38. The van der Waals surface area contributed by atoms with Gasteiger partial charge < -0.3 is 15.3 Å². The van der Waals surface area contributed by atoms with E-state index < -0.39 is 12.6 Å². The minimum atomic E-state index is -4.05. The Morgan fingerprint density at radius 1 is 1.04 bits per heavy atom. The summed E-state index contributed by atoms with van der Waals surface area (Å²) in [5.74, 6) is 0.652. The van der Waals surface area contributed by atoms with E-state index >= 15 is 0 Å². The molecule has 1 heterocycles. The van der Waals surface area contributed by atoms with Gasteiger partial charge in [-0.05, 0) is 51.1 Å². The van der Waals surface area contributed by atoms with Gasteiger partial charge in [0.25, 0.3) is 0 Å². The van der Waals surface area contributed by atoms with Gasteiger partial charge in [-0.3, -0.25) is 0 Å². The second kappa shape index (κ2) is 9.23. The van der Waals surface area contributed by atoms with Gasteiger partial charge in [-0.2, -0.15) is 13.2 Å². The van der Waals surface area contributed by atoms with Crippen molar-refractivity contribution < 1.29 is 18.3 Å². The van der Waals surface area contributed by atoms with Gasteiger partial charge in [0.05, 0.1) is 6.42 Å². The first kappa shape index (κ1) is 19.0. The first-order valence-corrected chi connectivity index (χ1v) is 9.14. The summed E-state index contributed by atoms with van der Waals surface area (Å²) in [6, 6.07) is 0.752. The minimum absolute atomic E-state index is 0.124. The van der Waals surface area contributed by atoms with Crippen LogP contribution in [0.2, 0.25) is 0 Å². The molecule has 1 unspecified atom stereocenters. The molecule has 2 N–H and O–H groups in total. The average Bonchev–Trinajstić information content (AvgIpc) is 2.54. The summed E-state index contributed by atoms with van der Waals surface area (Å²) < 4.78 is 36.9. The van der Waals surface area contributed by atoms with E-state index in [1.807, 2.05) is 4.90 Å². The average molecular weight is 336 g/mol. The second-order valence-electron chi connectivity index (χ2n) is 7.16. The molecule has 0 bridgehead atoms. The fourth-order valence-corrected chi connectivity index (χ4v) is 4.04. The van der Waals surface area contributed by atoms with Crippen LogP contribution >= 0.6 is 0 Å². The topological polar surface area (TPSA) is 35.5 Å². The number of nitrogens with one attached hydrogen (secondary N) is 1. The van der Waals surface area contributed by atoms with Crippen molar-refractivity contribution in [1.29, 1.82) is 0 Å². The van der Waals surface area contributed by atoms with E-state index in [0.717, 1.165) is 32.4 Å². The zero-order valence-electron chi connectivity index (χ0n) is 14.0. The molecule has 2 rings (SSSR count). The molecule has 6 heteroatoms. The highest BCUT2D eigenvalue weighted by Crippen LogP contribution is 2.29. The van der Waals surface area contributed by atoms with E-state index in [1.54, 1.807) is 0 Å². The van der Waals surface area contributed by atoms with Crippen LogP contribution in [0, 0.1) is 5.92 Å². The highest BCUT2D eigenvalue weighted by molar-refractivity contribution is 4.85. The number of aliphatic hydroxyl groups excluding tert-OH is 1. The molecule has 23 heavy (non-hydrogen) atoms. The van der Waals surface area contributed by atoms with Crippen molar-refractivity contribution in [3.8, 4) is 0 Å². The maximum absolute atomic E-state index is 12.3. The minimum Gasteiger partial charge on any atom is -0.396 e. The Hall–Kier alpha value is -0.330. The number of nitrogens with zero attached hydrogens (tertiary/aromatic N) is 1. The molecule has 1 aliphatic carbocycles. The van der Waals surface area contributed by atoms with E-state index in [0.29, 0.717) is 18.0 Å². The Morgan fingerprint density at radius 3 is 2.26 bits per heavy atom. The molecule has 0 radical (unpaired) electrons. The van der Waals surface area contributed by atoms with Gasteiger partial charge in [-0.25, -0.2) is 0 Å². The molecule has 0 aromatic carbocycles. The van der Waals surface area contributed by atoms with E-state index in [9.17, 15) is 18.3 Å². The van der Waals surface area contributed by atoms with Crippen molar-refractivity contribution in [2.45, 2.75) is 76.0 Å². The van der Waals surface area contributed by atoms with Gasteiger partial charge in [-0.1, -0.05) is 19.3 Å². The van der Waals surface area contributed by atoms with Crippen LogP contribution in [-0.2, 0) is 0 Å². The number of alkyl halides is 3. The largest absolute Gasteiger partial charge is 0.396 e. The second-order valence-corrected chi connectivity index (χ2v) is 7.16. The molecule has 0 aromatic heterocycles. The van der Waals surface area contributed by atoms with Crippen molar-refractivity contribution in [3.05, 3.63) is 0 Å². The Labute approximate surface area is 137 Å². The predicted molar refractivity (Wildman–Crippen MR) is 85.3 cm³/mol. The molecule has 1 saturated heterocycles. The molecule has 0 spiro atoms. The quantitative estimate of drug-likeness (QED) is 0.749. The summed E-state index contributed by atoms with van der Waals surface area (Å²) in [5, 5.41) is 13.0. The molecule has 1 aliphatic heterocycles. The molecule has 1 atom stereocenters. The molecule has 136 valence electrons. The summed E-state index contributed by atoms with van der Waals surface area (Å²) in [6.45, 7) is 1.81. The first-order valence-electron chi connectivity index (χ1n) is 9.14. The number of hydrogen-bond acceptors (Lipinski definition) is 3. The SMILES string of the molecule is OCCC(NC1CCN(CCC(F)(F)F)CC1)C1CCCCC1. The van der Waals surface area contributed by atoms with E-state index in [-0.39, 0.29) is 13.2 Å². The number of piperidine rings is 1. The highest BCUT2D eigenvalue weighted by atomic mass is 19.4. The van der Waals surface area contributed by atoms with Crippen LogP contribution in [0.4, 0.5) is 13.2 Å². The zero-order valence-corrected chi connectivity index (χ0v) is 14.0. The Kier molecular flexibility index (Phi) is 7.63. The summed E-state index contributed by atoms with van der Waals surface area (Å²) in [6.07, 6.45) is 4.21. The van der Waals surface area contributed by atoms with Gasteiger partial charge >= 0.3 is 6.18 Å². The standard InChI is InChI=1S/C17H31F3N2O/c18-17(19,20)9-12-22-10-6-15(7-11-22)21-16(8-13-23)14-4-2-1-3-5-14/h14-16,21,23H,1-13H2. The van der Waals surface area contributed by atoms with Crippen LogP contribution < -0.4 is 5.32 Å². The predicted octanol–water partition coefficient (Wildman–Crippen LogP) is 3.32. The Bertz CT molecular complexity index is 324.